The number of carbonyl (C=O) groups is 2. The third kappa shape index (κ3) is 5.88. The number of anilines is 1. The smallest absolute Gasteiger partial charge is 0.261 e. The summed E-state index contributed by atoms with van der Waals surface area (Å²) in [5.74, 6) is -0.421. The van der Waals surface area contributed by atoms with Crippen LogP contribution in [0.5, 0.6) is 0 Å². The standard InChI is InChI=1S/C32H32ClN3O2S/c33-24-13-10-22-18-30(39-29(22)19-24)32(38)35-28-9-5-8-27(28)31(37)34-25-14-11-21(12-15-25)26-7-2-1-6-23(26)20-36-16-3-4-17-36/h1-2,6-7,10-15,18-19,27-28H,3-5,8-9,16-17,20H2,(H,34,37)(H,35,38)/t27-,28+/m0/s1. The fourth-order valence-electron chi connectivity index (χ4n) is 5.89. The number of nitrogens with one attached hydrogen (secondary N) is 2. The second-order valence-electron chi connectivity index (χ2n) is 10.6. The number of nitrogens with zero attached hydrogens (tertiary/aromatic N) is 1. The molecule has 5 nitrogen and oxygen atoms in total. The van der Waals surface area contributed by atoms with Gasteiger partial charge in [0, 0.05) is 28.0 Å². The third-order valence-corrected chi connectivity index (χ3v) is 9.28. The zero-order chi connectivity index (χ0) is 26.8. The van der Waals surface area contributed by atoms with Gasteiger partial charge in [-0.05, 0) is 91.2 Å². The van der Waals surface area contributed by atoms with Crippen LogP contribution in [-0.4, -0.2) is 35.8 Å². The van der Waals surface area contributed by atoms with Gasteiger partial charge < -0.3 is 10.6 Å². The summed E-state index contributed by atoms with van der Waals surface area (Å²) in [6.07, 6.45) is 5.04. The number of rotatable bonds is 7. The van der Waals surface area contributed by atoms with E-state index >= 15 is 0 Å². The van der Waals surface area contributed by atoms with Gasteiger partial charge in [0.05, 0.1) is 10.8 Å². The van der Waals surface area contributed by atoms with Crippen molar-refractivity contribution in [3.63, 3.8) is 0 Å². The molecular weight excluding hydrogens is 526 g/mol. The molecule has 0 spiro atoms. The first-order valence-corrected chi connectivity index (χ1v) is 14.9. The summed E-state index contributed by atoms with van der Waals surface area (Å²) in [6, 6.07) is 24.0. The van der Waals surface area contributed by atoms with Gasteiger partial charge in [0.25, 0.3) is 5.91 Å². The second-order valence-corrected chi connectivity index (χ2v) is 12.1. The zero-order valence-electron chi connectivity index (χ0n) is 21.8. The van der Waals surface area contributed by atoms with Crippen LogP contribution in [0, 0.1) is 5.92 Å². The molecule has 200 valence electrons. The molecule has 2 heterocycles. The van der Waals surface area contributed by atoms with E-state index < -0.39 is 0 Å². The van der Waals surface area contributed by atoms with E-state index in [4.69, 9.17) is 11.6 Å². The molecule has 7 heteroatoms. The van der Waals surface area contributed by atoms with Crippen molar-refractivity contribution in [2.45, 2.75) is 44.7 Å². The molecule has 2 atom stereocenters. The lowest BCUT2D eigenvalue weighted by Gasteiger charge is -2.20. The molecule has 2 amide bonds. The predicted octanol–water partition coefficient (Wildman–Crippen LogP) is 7.35. The SMILES string of the molecule is O=C(N[C@@H]1CCC[C@@H]1C(=O)Nc1ccc(-c2ccccc2CN2CCCC2)cc1)c1cc2ccc(Cl)cc2s1. The van der Waals surface area contributed by atoms with Crippen LogP contribution in [0.2, 0.25) is 5.02 Å². The molecule has 2 N–H and O–H groups in total. The zero-order valence-corrected chi connectivity index (χ0v) is 23.4. The molecule has 2 aliphatic rings. The number of carbonyl (C=O) groups excluding carboxylic acids is 2. The first-order valence-electron chi connectivity index (χ1n) is 13.7. The van der Waals surface area contributed by atoms with Crippen molar-refractivity contribution < 1.29 is 9.59 Å². The molecular formula is C32H32ClN3O2S. The lowest BCUT2D eigenvalue weighted by molar-refractivity contribution is -0.120. The Labute approximate surface area is 238 Å². The Morgan fingerprint density at radius 1 is 0.923 bits per heavy atom. The lowest BCUT2D eigenvalue weighted by Crippen LogP contribution is -2.41. The molecule has 0 unspecified atom stereocenters. The largest absolute Gasteiger partial charge is 0.348 e. The summed E-state index contributed by atoms with van der Waals surface area (Å²) in [6.45, 7) is 3.31. The van der Waals surface area contributed by atoms with E-state index in [9.17, 15) is 9.59 Å². The minimum absolute atomic E-state index is 0.0388. The van der Waals surface area contributed by atoms with E-state index in [1.807, 2.05) is 36.4 Å². The number of likely N-dealkylation sites (tertiary alicyclic amines) is 1. The number of hydrogen-bond acceptors (Lipinski definition) is 4. The minimum atomic E-state index is -0.251. The average molecular weight is 558 g/mol. The summed E-state index contributed by atoms with van der Waals surface area (Å²) < 4.78 is 0.982. The lowest BCUT2D eigenvalue weighted by atomic mass is 9.98. The Hall–Kier alpha value is -3.19. The number of amides is 2. The number of hydrogen-bond donors (Lipinski definition) is 2. The maximum Gasteiger partial charge on any atom is 0.261 e. The molecule has 1 aliphatic carbocycles. The Morgan fingerprint density at radius 3 is 2.54 bits per heavy atom. The third-order valence-electron chi connectivity index (χ3n) is 7.95. The molecule has 1 saturated heterocycles. The quantitative estimate of drug-likeness (QED) is 0.250. The number of fused-ring (bicyclic) bond motifs is 1. The average Bonchev–Trinajstić information content (AvgIpc) is 3.71. The van der Waals surface area contributed by atoms with Gasteiger partial charge in [-0.3, -0.25) is 14.5 Å². The topological polar surface area (TPSA) is 61.4 Å². The van der Waals surface area contributed by atoms with E-state index in [-0.39, 0.29) is 23.8 Å². The highest BCUT2D eigenvalue weighted by atomic mass is 35.5. The van der Waals surface area contributed by atoms with Crippen molar-refractivity contribution in [1.82, 2.24) is 10.2 Å². The Bertz CT molecular complexity index is 1490. The van der Waals surface area contributed by atoms with Crippen LogP contribution in [0.15, 0.2) is 72.8 Å². The van der Waals surface area contributed by atoms with Crippen LogP contribution in [0.1, 0.15) is 47.3 Å². The van der Waals surface area contributed by atoms with Gasteiger partial charge in [-0.25, -0.2) is 0 Å². The molecule has 1 aromatic heterocycles. The van der Waals surface area contributed by atoms with Crippen molar-refractivity contribution in [2.75, 3.05) is 18.4 Å². The molecule has 4 aromatic rings. The van der Waals surface area contributed by atoms with Crippen LogP contribution in [-0.2, 0) is 11.3 Å². The van der Waals surface area contributed by atoms with Gasteiger partial charge in [0.15, 0.2) is 0 Å². The molecule has 2 fully saturated rings. The fourth-order valence-corrected chi connectivity index (χ4v) is 7.13. The Kier molecular flexibility index (Phi) is 7.69. The second kappa shape index (κ2) is 11.5. The van der Waals surface area contributed by atoms with Crippen LogP contribution in [0.25, 0.3) is 21.2 Å². The van der Waals surface area contributed by atoms with Crippen LogP contribution in [0.3, 0.4) is 0 Å². The van der Waals surface area contributed by atoms with Gasteiger partial charge in [-0.1, -0.05) is 60.5 Å². The number of benzene rings is 3. The normalized spacial score (nSPS) is 19.4. The van der Waals surface area contributed by atoms with Crippen molar-refractivity contribution >= 4 is 50.5 Å². The highest BCUT2D eigenvalue weighted by molar-refractivity contribution is 7.20. The minimum Gasteiger partial charge on any atom is -0.348 e. The van der Waals surface area contributed by atoms with Crippen LogP contribution >= 0.6 is 22.9 Å². The monoisotopic (exact) mass is 557 g/mol. The summed E-state index contributed by atoms with van der Waals surface area (Å²) in [4.78, 5) is 29.4. The van der Waals surface area contributed by atoms with E-state index in [0.717, 1.165) is 47.1 Å². The van der Waals surface area contributed by atoms with E-state index in [1.54, 1.807) is 0 Å². The fraction of sp³-hybridized carbons (Fsp3) is 0.312. The maximum absolute atomic E-state index is 13.2. The number of halogens is 1. The molecule has 0 radical (unpaired) electrons. The van der Waals surface area contributed by atoms with Crippen molar-refractivity contribution in [3.05, 3.63) is 88.3 Å². The van der Waals surface area contributed by atoms with Crippen molar-refractivity contribution in [2.24, 2.45) is 5.92 Å². The van der Waals surface area contributed by atoms with Gasteiger partial charge in [0.1, 0.15) is 0 Å². The Morgan fingerprint density at radius 2 is 1.72 bits per heavy atom. The summed E-state index contributed by atoms with van der Waals surface area (Å²) in [5, 5.41) is 7.88. The molecule has 1 aliphatic heterocycles. The maximum atomic E-state index is 13.2. The van der Waals surface area contributed by atoms with Gasteiger partial charge in [-0.15, -0.1) is 11.3 Å². The molecule has 0 bridgehead atoms. The predicted molar refractivity (Wildman–Crippen MR) is 160 cm³/mol. The summed E-state index contributed by atoms with van der Waals surface area (Å²) in [7, 11) is 0. The van der Waals surface area contributed by atoms with Gasteiger partial charge in [0.2, 0.25) is 5.91 Å². The van der Waals surface area contributed by atoms with Gasteiger partial charge in [-0.2, -0.15) is 0 Å². The Balaban J connectivity index is 1.10. The van der Waals surface area contributed by atoms with E-state index in [2.05, 4.69) is 51.9 Å². The summed E-state index contributed by atoms with van der Waals surface area (Å²) in [5.41, 5.74) is 4.50. The van der Waals surface area contributed by atoms with Crippen LogP contribution < -0.4 is 10.6 Å². The van der Waals surface area contributed by atoms with Gasteiger partial charge >= 0.3 is 0 Å². The summed E-state index contributed by atoms with van der Waals surface area (Å²) >= 11 is 7.53. The van der Waals surface area contributed by atoms with E-state index in [0.29, 0.717) is 9.90 Å². The first-order chi connectivity index (χ1) is 19.0. The highest BCUT2D eigenvalue weighted by Crippen LogP contribution is 2.32. The van der Waals surface area contributed by atoms with E-state index in [1.165, 1.54) is 48.4 Å². The molecule has 6 rings (SSSR count). The highest BCUT2D eigenvalue weighted by Gasteiger charge is 2.34. The molecule has 3 aromatic carbocycles. The van der Waals surface area contributed by atoms with Crippen LogP contribution in [0.4, 0.5) is 5.69 Å². The van der Waals surface area contributed by atoms with Crippen molar-refractivity contribution in [3.8, 4) is 11.1 Å². The number of thiophene rings is 1. The van der Waals surface area contributed by atoms with Crippen molar-refractivity contribution in [1.29, 1.82) is 0 Å². The molecule has 39 heavy (non-hydrogen) atoms. The molecule has 1 saturated carbocycles. The first kappa shape index (κ1) is 26.1.